The van der Waals surface area contributed by atoms with Crippen LogP contribution in [0.25, 0.3) is 5.69 Å². The number of rotatable bonds is 11. The monoisotopic (exact) mass is 600 g/mol. The summed E-state index contributed by atoms with van der Waals surface area (Å²) in [6, 6.07) is 14.2. The fraction of sp³-hybridized carbons (Fsp3) is 0.357. The molecule has 2 amide bonds. The second kappa shape index (κ2) is 13.9. The highest BCUT2D eigenvalue weighted by Crippen LogP contribution is 2.12. The molecular formula is C28H33ClN6O5S. The van der Waals surface area contributed by atoms with Gasteiger partial charge in [-0.3, -0.25) is 19.0 Å². The number of nitrogens with zero attached hydrogens (tertiary/aromatic N) is 4. The molecule has 4 rings (SSSR count). The van der Waals surface area contributed by atoms with Gasteiger partial charge in [-0.05, 0) is 49.5 Å². The number of carbonyl (C=O) groups is 2. The van der Waals surface area contributed by atoms with Crippen LogP contribution in [-0.4, -0.2) is 96.9 Å². The van der Waals surface area contributed by atoms with Crippen molar-refractivity contribution in [3.05, 3.63) is 87.9 Å². The van der Waals surface area contributed by atoms with E-state index in [1.54, 1.807) is 54.7 Å². The van der Waals surface area contributed by atoms with E-state index < -0.39 is 15.9 Å². The zero-order valence-corrected chi connectivity index (χ0v) is 24.3. The Bertz CT molecular complexity index is 1500. The predicted molar refractivity (Wildman–Crippen MR) is 158 cm³/mol. The van der Waals surface area contributed by atoms with Gasteiger partial charge in [0.1, 0.15) is 5.82 Å². The average Bonchev–Trinajstić information content (AvgIpc) is 2.94. The minimum atomic E-state index is -2.95. The van der Waals surface area contributed by atoms with Crippen LogP contribution in [0, 0.1) is 0 Å². The van der Waals surface area contributed by atoms with Crippen molar-refractivity contribution >= 4 is 39.1 Å². The molecule has 13 heteroatoms. The van der Waals surface area contributed by atoms with Crippen LogP contribution < -0.4 is 16.2 Å². The summed E-state index contributed by atoms with van der Waals surface area (Å²) in [6.07, 6.45) is 3.09. The number of hydrogen-bond acceptors (Lipinski definition) is 8. The minimum Gasteiger partial charge on any atom is -0.347 e. The Morgan fingerprint density at radius 1 is 1.07 bits per heavy atom. The van der Waals surface area contributed by atoms with Crippen molar-refractivity contribution in [2.45, 2.75) is 12.5 Å². The van der Waals surface area contributed by atoms with Crippen molar-refractivity contribution < 1.29 is 18.0 Å². The Morgan fingerprint density at radius 3 is 2.46 bits per heavy atom. The molecule has 0 bridgehead atoms. The van der Waals surface area contributed by atoms with Gasteiger partial charge in [-0.1, -0.05) is 17.7 Å². The Morgan fingerprint density at radius 2 is 1.80 bits per heavy atom. The predicted octanol–water partition coefficient (Wildman–Crippen LogP) is 1.68. The van der Waals surface area contributed by atoms with E-state index in [0.717, 1.165) is 0 Å². The summed E-state index contributed by atoms with van der Waals surface area (Å²) in [5.74, 6) is -0.00458. The van der Waals surface area contributed by atoms with Gasteiger partial charge >= 0.3 is 0 Å². The lowest BCUT2D eigenvalue weighted by Crippen LogP contribution is -2.47. The number of aromatic nitrogens is 2. The Kier molecular flexibility index (Phi) is 10.3. The number of likely N-dealkylation sites (N-methyl/N-ethyl adjacent to an activating group) is 1. The number of hydrogen-bond donors (Lipinski definition) is 2. The highest BCUT2D eigenvalue weighted by Gasteiger charge is 2.23. The lowest BCUT2D eigenvalue weighted by Gasteiger charge is -2.30. The molecule has 1 aliphatic heterocycles. The summed E-state index contributed by atoms with van der Waals surface area (Å²) >= 11 is 5.88. The number of carbonyl (C=O) groups excluding carboxylic acids is 2. The first-order valence-electron chi connectivity index (χ1n) is 13.2. The van der Waals surface area contributed by atoms with Crippen LogP contribution in [0.4, 0.5) is 5.82 Å². The van der Waals surface area contributed by atoms with Gasteiger partial charge in [0.2, 0.25) is 5.91 Å². The molecule has 218 valence electrons. The summed E-state index contributed by atoms with van der Waals surface area (Å²) in [4.78, 5) is 46.3. The van der Waals surface area contributed by atoms with E-state index in [-0.39, 0.29) is 35.3 Å². The number of sulfone groups is 1. The number of pyridine rings is 2. The van der Waals surface area contributed by atoms with Gasteiger partial charge in [0.25, 0.3) is 11.5 Å². The van der Waals surface area contributed by atoms with E-state index in [9.17, 15) is 22.8 Å². The van der Waals surface area contributed by atoms with E-state index in [0.29, 0.717) is 54.8 Å². The zero-order chi connectivity index (χ0) is 29.4. The van der Waals surface area contributed by atoms with Crippen LogP contribution in [0.1, 0.15) is 16.8 Å². The first kappa shape index (κ1) is 30.4. The average molecular weight is 601 g/mol. The first-order valence-corrected chi connectivity index (χ1v) is 15.4. The van der Waals surface area contributed by atoms with E-state index >= 15 is 0 Å². The van der Waals surface area contributed by atoms with Crippen molar-refractivity contribution in [2.75, 3.05) is 56.6 Å². The maximum Gasteiger partial charge on any atom is 0.255 e. The van der Waals surface area contributed by atoms with Gasteiger partial charge in [-0.2, -0.15) is 0 Å². The molecule has 0 saturated carbocycles. The summed E-state index contributed by atoms with van der Waals surface area (Å²) < 4.78 is 24.9. The van der Waals surface area contributed by atoms with Gasteiger partial charge in [-0.15, -0.1) is 0 Å². The van der Waals surface area contributed by atoms with Crippen molar-refractivity contribution in [2.24, 2.45) is 0 Å². The molecule has 0 aliphatic carbocycles. The van der Waals surface area contributed by atoms with E-state index in [2.05, 4.69) is 20.5 Å². The molecule has 1 aliphatic rings. The van der Waals surface area contributed by atoms with Crippen molar-refractivity contribution in [3.63, 3.8) is 0 Å². The summed E-state index contributed by atoms with van der Waals surface area (Å²) in [5.41, 5.74) is 0.837. The standard InChI is InChI=1S/C28H33ClN6O5S/c1-33(12-13-34-14-16-41(39,40)17-15-34)20-23(18-26(36)32-25-10-7-22(29)19-30-25)31-28(38)21-5-8-24(9-6-21)35-11-3-2-4-27(35)37/h2-11,19,23H,12-18,20H2,1H3,(H,31,38)(H,30,32,36). The number of nitrogens with one attached hydrogen (secondary N) is 2. The molecule has 1 atom stereocenters. The highest BCUT2D eigenvalue weighted by atomic mass is 35.5. The Labute approximate surface area is 244 Å². The third-order valence-electron chi connectivity index (χ3n) is 6.76. The Balaban J connectivity index is 1.40. The maximum atomic E-state index is 13.2. The smallest absolute Gasteiger partial charge is 0.255 e. The quantitative estimate of drug-likeness (QED) is 0.340. The van der Waals surface area contributed by atoms with Crippen molar-refractivity contribution in [1.29, 1.82) is 0 Å². The third-order valence-corrected chi connectivity index (χ3v) is 8.59. The van der Waals surface area contributed by atoms with Crippen LogP contribution >= 0.6 is 11.6 Å². The van der Waals surface area contributed by atoms with Crippen LogP contribution in [0.15, 0.2) is 71.8 Å². The fourth-order valence-electron chi connectivity index (χ4n) is 4.46. The largest absolute Gasteiger partial charge is 0.347 e. The summed E-state index contributed by atoms with van der Waals surface area (Å²) in [6.45, 7) is 2.69. The molecule has 0 spiro atoms. The summed E-state index contributed by atoms with van der Waals surface area (Å²) in [7, 11) is -1.06. The topological polar surface area (TPSA) is 134 Å². The van der Waals surface area contributed by atoms with Crippen molar-refractivity contribution in [1.82, 2.24) is 24.7 Å². The van der Waals surface area contributed by atoms with Crippen LogP contribution in [0.5, 0.6) is 0 Å². The van der Waals surface area contributed by atoms with Gasteiger partial charge in [0, 0.05) is 68.9 Å². The van der Waals surface area contributed by atoms with Crippen LogP contribution in [0.3, 0.4) is 0 Å². The van der Waals surface area contributed by atoms with E-state index in [4.69, 9.17) is 11.6 Å². The van der Waals surface area contributed by atoms with Gasteiger partial charge < -0.3 is 20.4 Å². The van der Waals surface area contributed by atoms with E-state index in [1.165, 1.54) is 16.8 Å². The third kappa shape index (κ3) is 9.22. The second-order valence-electron chi connectivity index (χ2n) is 10.00. The minimum absolute atomic E-state index is 0.000162. The molecule has 41 heavy (non-hydrogen) atoms. The van der Waals surface area contributed by atoms with Crippen molar-refractivity contribution in [3.8, 4) is 5.69 Å². The fourth-order valence-corrected chi connectivity index (χ4v) is 5.85. The van der Waals surface area contributed by atoms with Crippen LogP contribution in [-0.2, 0) is 14.6 Å². The molecule has 2 N–H and O–H groups in total. The number of amides is 2. The van der Waals surface area contributed by atoms with E-state index in [1.807, 2.05) is 11.9 Å². The summed E-state index contributed by atoms with van der Waals surface area (Å²) in [5, 5.41) is 6.15. The normalized spacial score (nSPS) is 15.8. The molecule has 1 aromatic carbocycles. The van der Waals surface area contributed by atoms with Crippen LogP contribution in [0.2, 0.25) is 5.02 Å². The molecular weight excluding hydrogens is 568 g/mol. The highest BCUT2D eigenvalue weighted by molar-refractivity contribution is 7.91. The molecule has 11 nitrogen and oxygen atoms in total. The number of benzene rings is 1. The van der Waals surface area contributed by atoms with Gasteiger partial charge in [0.05, 0.1) is 22.6 Å². The molecule has 3 aromatic rings. The lowest BCUT2D eigenvalue weighted by atomic mass is 10.1. The molecule has 1 unspecified atom stereocenters. The second-order valence-corrected chi connectivity index (χ2v) is 12.7. The molecule has 3 heterocycles. The van der Waals surface area contributed by atoms with Gasteiger partial charge in [0.15, 0.2) is 9.84 Å². The molecule has 2 aromatic heterocycles. The van der Waals surface area contributed by atoms with Gasteiger partial charge in [-0.25, -0.2) is 13.4 Å². The number of halogens is 1. The molecule has 1 saturated heterocycles. The Hall–Kier alpha value is -3.58. The molecule has 1 fully saturated rings. The molecule has 0 radical (unpaired) electrons. The maximum absolute atomic E-state index is 13.2. The number of anilines is 1. The zero-order valence-electron chi connectivity index (χ0n) is 22.7. The lowest BCUT2D eigenvalue weighted by molar-refractivity contribution is -0.116. The SMILES string of the molecule is CN(CCN1CCS(=O)(=O)CC1)CC(CC(=O)Nc1ccc(Cl)cn1)NC(=O)c1ccc(-n2ccccc2=O)cc1. The first-order chi connectivity index (χ1) is 19.6.